The zero-order valence-corrected chi connectivity index (χ0v) is 17.9. The van der Waals surface area contributed by atoms with Gasteiger partial charge < -0.3 is 4.90 Å². The van der Waals surface area contributed by atoms with Gasteiger partial charge in [0.05, 0.1) is 30.3 Å². The quantitative estimate of drug-likeness (QED) is 0.604. The number of likely N-dealkylation sites (N-methyl/N-ethyl adjacent to an activating group) is 2. The Hall–Kier alpha value is -2.46. The van der Waals surface area contributed by atoms with Crippen LogP contribution < -0.4 is 4.90 Å². The van der Waals surface area contributed by atoms with Crippen molar-refractivity contribution in [1.82, 2.24) is 4.90 Å². The van der Waals surface area contributed by atoms with Gasteiger partial charge in [0.15, 0.2) is 5.78 Å². The third-order valence-electron chi connectivity index (χ3n) is 4.58. The lowest BCUT2D eigenvalue weighted by Crippen LogP contribution is -2.40. The fraction of sp³-hybridized carbons (Fsp3) is 0.286. The Balaban J connectivity index is 0.00000420. The summed E-state index contributed by atoms with van der Waals surface area (Å²) in [5, 5.41) is 9.12. The summed E-state index contributed by atoms with van der Waals surface area (Å²) in [5.74, 6) is -1.46. The number of ketones is 1. The number of amides is 1. The van der Waals surface area contributed by atoms with Crippen molar-refractivity contribution in [1.29, 1.82) is 5.26 Å². The predicted molar refractivity (Wildman–Crippen MR) is 114 cm³/mol. The smallest absolute Gasteiger partial charge is 0.240 e. The van der Waals surface area contributed by atoms with Crippen LogP contribution in [0.5, 0.6) is 0 Å². The third-order valence-corrected chi connectivity index (χ3v) is 4.82. The number of nitrogens with zero attached hydrogens (tertiary/aromatic N) is 3. The molecule has 8 heteroatoms. The van der Waals surface area contributed by atoms with Crippen molar-refractivity contribution in [2.45, 2.75) is 19.4 Å². The molecule has 5 nitrogen and oxygen atoms in total. The van der Waals surface area contributed by atoms with Crippen LogP contribution in [-0.2, 0) is 4.79 Å². The van der Waals surface area contributed by atoms with E-state index in [0.717, 1.165) is 0 Å². The minimum Gasteiger partial charge on any atom is -0.314 e. The number of anilines is 1. The van der Waals surface area contributed by atoms with Crippen molar-refractivity contribution in [3.8, 4) is 6.07 Å². The van der Waals surface area contributed by atoms with Gasteiger partial charge in [-0.1, -0.05) is 23.7 Å². The fourth-order valence-electron chi connectivity index (χ4n) is 2.67. The Morgan fingerprint density at radius 2 is 1.83 bits per heavy atom. The molecule has 1 amide bonds. The maximum atomic E-state index is 14.1. The number of halogens is 3. The zero-order chi connectivity index (χ0) is 20.8. The highest BCUT2D eigenvalue weighted by atomic mass is 35.5. The van der Waals surface area contributed by atoms with E-state index < -0.39 is 11.6 Å². The molecule has 2 rings (SSSR count). The first kappa shape index (κ1) is 24.6. The van der Waals surface area contributed by atoms with Crippen molar-refractivity contribution >= 4 is 41.4 Å². The van der Waals surface area contributed by atoms with Gasteiger partial charge in [-0.25, -0.2) is 4.39 Å². The summed E-state index contributed by atoms with van der Waals surface area (Å²) < 4.78 is 14.1. The van der Waals surface area contributed by atoms with Crippen LogP contribution in [0.25, 0.3) is 0 Å². The first-order valence-electron chi connectivity index (χ1n) is 8.68. The van der Waals surface area contributed by atoms with Crippen molar-refractivity contribution in [3.63, 3.8) is 0 Å². The number of nitriles is 1. The summed E-state index contributed by atoms with van der Waals surface area (Å²) in [4.78, 5) is 28.7. The summed E-state index contributed by atoms with van der Waals surface area (Å²) in [6, 6.07) is 12.2. The van der Waals surface area contributed by atoms with E-state index in [1.165, 1.54) is 29.2 Å². The van der Waals surface area contributed by atoms with Crippen LogP contribution in [0.2, 0.25) is 5.02 Å². The maximum absolute atomic E-state index is 14.1. The molecule has 0 heterocycles. The zero-order valence-electron chi connectivity index (χ0n) is 16.4. The first-order chi connectivity index (χ1) is 13.3. The van der Waals surface area contributed by atoms with E-state index in [9.17, 15) is 14.0 Å². The van der Waals surface area contributed by atoms with E-state index in [0.29, 0.717) is 17.1 Å². The molecule has 29 heavy (non-hydrogen) atoms. The van der Waals surface area contributed by atoms with E-state index in [1.54, 1.807) is 37.2 Å². The van der Waals surface area contributed by atoms with Crippen molar-refractivity contribution in [3.05, 3.63) is 64.4 Å². The largest absolute Gasteiger partial charge is 0.314 e. The number of carbonyl (C=O) groups excluding carboxylic acids is 2. The van der Waals surface area contributed by atoms with Gasteiger partial charge in [-0.2, -0.15) is 5.26 Å². The summed E-state index contributed by atoms with van der Waals surface area (Å²) in [6.07, 6.45) is 0.297. The van der Waals surface area contributed by atoms with Gasteiger partial charge in [0.1, 0.15) is 5.82 Å². The molecule has 0 saturated heterocycles. The molecular weight excluding hydrogens is 416 g/mol. The van der Waals surface area contributed by atoms with E-state index in [2.05, 4.69) is 6.07 Å². The summed E-state index contributed by atoms with van der Waals surface area (Å²) in [6.45, 7) is 1.92. The Labute approximate surface area is 181 Å². The van der Waals surface area contributed by atoms with Gasteiger partial charge in [-0.15, -0.1) is 12.4 Å². The highest BCUT2D eigenvalue weighted by molar-refractivity contribution is 6.31. The molecule has 0 saturated carbocycles. The Morgan fingerprint density at radius 3 is 2.45 bits per heavy atom. The average molecular weight is 438 g/mol. The second-order valence-corrected chi connectivity index (χ2v) is 6.99. The van der Waals surface area contributed by atoms with Crippen molar-refractivity contribution in [2.75, 3.05) is 25.5 Å². The van der Waals surface area contributed by atoms with Gasteiger partial charge >= 0.3 is 0 Å². The molecule has 0 aliphatic heterocycles. The van der Waals surface area contributed by atoms with Crippen LogP contribution in [0, 0.1) is 17.1 Å². The molecule has 0 aliphatic carbocycles. The second-order valence-electron chi connectivity index (χ2n) is 6.55. The number of carbonyl (C=O) groups is 2. The molecule has 2 aromatic rings. The van der Waals surface area contributed by atoms with Crippen LogP contribution in [0.4, 0.5) is 10.1 Å². The molecular formula is C21H22Cl2FN3O2. The summed E-state index contributed by atoms with van der Waals surface area (Å²) in [5.41, 5.74) is 0.386. The number of rotatable bonds is 7. The molecule has 0 N–H and O–H groups in total. The third kappa shape index (κ3) is 6.01. The molecule has 0 fully saturated rings. The normalized spacial score (nSPS) is 11.3. The van der Waals surface area contributed by atoms with Crippen LogP contribution >= 0.6 is 24.0 Å². The second kappa shape index (κ2) is 10.9. The number of hydrogen-bond donors (Lipinski definition) is 0. The Morgan fingerprint density at radius 1 is 1.17 bits per heavy atom. The highest BCUT2D eigenvalue weighted by Crippen LogP contribution is 2.27. The number of benzene rings is 2. The van der Waals surface area contributed by atoms with Gasteiger partial charge in [0.25, 0.3) is 0 Å². The first-order valence-corrected chi connectivity index (χ1v) is 9.06. The summed E-state index contributed by atoms with van der Waals surface area (Å²) >= 11 is 6.04. The van der Waals surface area contributed by atoms with Gasteiger partial charge in [0, 0.05) is 23.7 Å². The molecule has 2 aromatic carbocycles. The fourth-order valence-corrected chi connectivity index (χ4v) is 2.84. The lowest BCUT2D eigenvalue weighted by atomic mass is 10.0. The van der Waals surface area contributed by atoms with Crippen molar-refractivity contribution in [2.24, 2.45) is 0 Å². The van der Waals surface area contributed by atoms with Crippen LogP contribution in [0.15, 0.2) is 42.5 Å². The molecule has 1 atom stereocenters. The molecule has 0 aromatic heterocycles. The standard InChI is InChI=1S/C21H21ClFN3O2.ClH/c1-14(10-11-24)25(2)13-20(27)26(3)19-9-8-15(22)12-17(19)21(28)16-6-4-5-7-18(16)23;/h4-9,12,14H,10,13H2,1-3H3;1H/t14-;/m0./s1. The van der Waals surface area contributed by atoms with Crippen LogP contribution in [-0.4, -0.2) is 43.3 Å². The summed E-state index contributed by atoms with van der Waals surface area (Å²) in [7, 11) is 3.30. The van der Waals surface area contributed by atoms with Crippen LogP contribution in [0.1, 0.15) is 29.3 Å². The monoisotopic (exact) mass is 437 g/mol. The number of hydrogen-bond acceptors (Lipinski definition) is 4. The molecule has 0 unspecified atom stereocenters. The van der Waals surface area contributed by atoms with Gasteiger partial charge in [-0.05, 0) is 44.3 Å². The Bertz CT molecular complexity index is 930. The van der Waals surface area contributed by atoms with Gasteiger partial charge in [-0.3, -0.25) is 14.5 Å². The molecule has 0 aliphatic rings. The lowest BCUT2D eigenvalue weighted by Gasteiger charge is -2.26. The van der Waals surface area contributed by atoms with E-state index in [4.69, 9.17) is 16.9 Å². The molecule has 0 bridgehead atoms. The topological polar surface area (TPSA) is 64.4 Å². The minimum atomic E-state index is -0.641. The Kier molecular flexibility index (Phi) is 9.25. The van der Waals surface area contributed by atoms with Crippen molar-refractivity contribution < 1.29 is 14.0 Å². The maximum Gasteiger partial charge on any atom is 0.240 e. The van der Waals surface area contributed by atoms with E-state index in [1.807, 2.05) is 6.92 Å². The SMILES string of the molecule is C[C@@H](CC#N)N(C)CC(=O)N(C)c1ccc(Cl)cc1C(=O)c1ccccc1F.Cl. The molecule has 154 valence electrons. The molecule has 0 radical (unpaired) electrons. The van der Waals surface area contributed by atoms with E-state index >= 15 is 0 Å². The van der Waals surface area contributed by atoms with Gasteiger partial charge in [0.2, 0.25) is 5.91 Å². The predicted octanol–water partition coefficient (Wildman–Crippen LogP) is 4.33. The average Bonchev–Trinajstić information content (AvgIpc) is 2.67. The molecule has 0 spiro atoms. The highest BCUT2D eigenvalue weighted by Gasteiger charge is 2.23. The van der Waals surface area contributed by atoms with E-state index in [-0.39, 0.29) is 42.0 Å². The lowest BCUT2D eigenvalue weighted by molar-refractivity contribution is -0.119. The van der Waals surface area contributed by atoms with Crippen LogP contribution in [0.3, 0.4) is 0 Å². The minimum absolute atomic E-state index is 0.